The maximum atomic E-state index is 12.4. The fourth-order valence-electron chi connectivity index (χ4n) is 2.42. The zero-order valence-corrected chi connectivity index (χ0v) is 12.7. The predicted octanol–water partition coefficient (Wildman–Crippen LogP) is 1.63. The summed E-state index contributed by atoms with van der Waals surface area (Å²) in [6.45, 7) is -0.0509. The molecule has 0 radical (unpaired) electrons. The van der Waals surface area contributed by atoms with E-state index in [0.717, 1.165) is 12.4 Å². The highest BCUT2D eigenvalue weighted by Crippen LogP contribution is 2.30. The minimum atomic E-state index is -4.62. The Hall–Kier alpha value is -3.04. The van der Waals surface area contributed by atoms with E-state index in [4.69, 9.17) is 0 Å². The summed E-state index contributed by atoms with van der Waals surface area (Å²) in [5.41, 5.74) is 0.899. The lowest BCUT2D eigenvalue weighted by Gasteiger charge is -2.23. The summed E-state index contributed by atoms with van der Waals surface area (Å²) in [7, 11) is 0. The Kier molecular flexibility index (Phi) is 4.34. The molecule has 0 aromatic carbocycles. The van der Waals surface area contributed by atoms with Gasteiger partial charge in [-0.1, -0.05) is 6.07 Å². The van der Waals surface area contributed by atoms with E-state index in [2.05, 4.69) is 25.6 Å². The molecule has 0 aliphatic carbocycles. The van der Waals surface area contributed by atoms with Gasteiger partial charge in [0.2, 0.25) is 17.6 Å². The molecule has 3 heterocycles. The van der Waals surface area contributed by atoms with Gasteiger partial charge in [0.1, 0.15) is 5.82 Å². The molecule has 2 aromatic rings. The van der Waals surface area contributed by atoms with Crippen molar-refractivity contribution in [2.24, 2.45) is 0 Å². The zero-order chi connectivity index (χ0) is 18.0. The molecular weight excluding hydrogens is 339 g/mol. The lowest BCUT2D eigenvalue weighted by molar-refractivity contribution is -0.145. The Morgan fingerprint density at radius 3 is 2.68 bits per heavy atom. The molecule has 7 nitrogen and oxygen atoms in total. The first kappa shape index (κ1) is 16.8. The summed E-state index contributed by atoms with van der Waals surface area (Å²) in [6.07, 6.45) is -1.15. The van der Waals surface area contributed by atoms with E-state index in [0.29, 0.717) is 16.9 Å². The minimum absolute atomic E-state index is 0.0337. The molecule has 25 heavy (non-hydrogen) atoms. The molecular formula is C15H12F3N5O2. The van der Waals surface area contributed by atoms with Crippen molar-refractivity contribution in [3.63, 3.8) is 0 Å². The van der Waals surface area contributed by atoms with Crippen LogP contribution < -0.4 is 10.6 Å². The zero-order valence-electron chi connectivity index (χ0n) is 12.7. The van der Waals surface area contributed by atoms with Crippen LogP contribution in [-0.2, 0) is 22.3 Å². The van der Waals surface area contributed by atoms with Gasteiger partial charge in [-0.2, -0.15) is 13.2 Å². The van der Waals surface area contributed by atoms with Crippen LogP contribution in [0.5, 0.6) is 0 Å². The van der Waals surface area contributed by atoms with Crippen LogP contribution in [0.15, 0.2) is 30.7 Å². The highest BCUT2D eigenvalue weighted by molar-refractivity contribution is 6.00. The highest BCUT2D eigenvalue weighted by Gasteiger charge is 2.34. The van der Waals surface area contributed by atoms with Crippen molar-refractivity contribution < 1.29 is 22.8 Å². The Balaban J connectivity index is 1.68. The Morgan fingerprint density at radius 2 is 2.00 bits per heavy atom. The standard InChI is InChI=1S/C15H12F3N5O2/c16-15(17,18)14-21-6-8(7-22-14)5-20-13(25)10-4-11(24)23-12-9(10)2-1-3-19-12/h1-3,6-7,10H,4-5H2,(H,20,25)(H,19,23,24). The highest BCUT2D eigenvalue weighted by atomic mass is 19.4. The summed E-state index contributed by atoms with van der Waals surface area (Å²) in [5.74, 6) is -2.38. The second kappa shape index (κ2) is 6.46. The van der Waals surface area contributed by atoms with Gasteiger partial charge in [0, 0.05) is 42.7 Å². The first-order valence-electron chi connectivity index (χ1n) is 7.25. The Morgan fingerprint density at radius 1 is 1.28 bits per heavy atom. The van der Waals surface area contributed by atoms with Gasteiger partial charge in [0.25, 0.3) is 0 Å². The summed E-state index contributed by atoms with van der Waals surface area (Å²) in [4.78, 5) is 34.5. The molecule has 1 unspecified atom stereocenters. The van der Waals surface area contributed by atoms with E-state index < -0.39 is 23.8 Å². The van der Waals surface area contributed by atoms with Crippen molar-refractivity contribution in [3.05, 3.63) is 47.7 Å². The maximum Gasteiger partial charge on any atom is 0.451 e. The number of hydrogen-bond donors (Lipinski definition) is 2. The number of aromatic nitrogens is 3. The van der Waals surface area contributed by atoms with Crippen LogP contribution in [0.25, 0.3) is 0 Å². The maximum absolute atomic E-state index is 12.4. The average molecular weight is 351 g/mol. The molecule has 2 amide bonds. The van der Waals surface area contributed by atoms with E-state index in [1.165, 1.54) is 6.20 Å². The molecule has 2 aromatic heterocycles. The molecule has 0 spiro atoms. The van der Waals surface area contributed by atoms with E-state index in [-0.39, 0.29) is 18.9 Å². The summed E-state index contributed by atoms with van der Waals surface area (Å²) in [6, 6.07) is 3.34. The third-order valence-electron chi connectivity index (χ3n) is 3.60. The number of pyridine rings is 1. The number of hydrogen-bond acceptors (Lipinski definition) is 5. The summed E-state index contributed by atoms with van der Waals surface area (Å²) < 4.78 is 37.2. The average Bonchev–Trinajstić information content (AvgIpc) is 2.58. The van der Waals surface area contributed by atoms with Crippen LogP contribution in [0.3, 0.4) is 0 Å². The minimum Gasteiger partial charge on any atom is -0.351 e. The smallest absolute Gasteiger partial charge is 0.351 e. The second-order valence-electron chi connectivity index (χ2n) is 5.38. The molecule has 0 saturated carbocycles. The SMILES string of the molecule is O=C1CC(C(=O)NCc2cnc(C(F)(F)F)nc2)c2cccnc2N1. The summed E-state index contributed by atoms with van der Waals surface area (Å²) in [5, 5.41) is 5.16. The number of nitrogens with zero attached hydrogens (tertiary/aromatic N) is 3. The lowest BCUT2D eigenvalue weighted by atomic mass is 9.92. The molecule has 1 atom stereocenters. The molecule has 10 heteroatoms. The first-order chi connectivity index (χ1) is 11.8. The molecule has 3 rings (SSSR count). The number of fused-ring (bicyclic) bond motifs is 1. The number of carbonyl (C=O) groups is 2. The van der Waals surface area contributed by atoms with Gasteiger partial charge in [-0.15, -0.1) is 0 Å². The van der Waals surface area contributed by atoms with Crippen molar-refractivity contribution >= 4 is 17.6 Å². The van der Waals surface area contributed by atoms with Gasteiger partial charge >= 0.3 is 6.18 Å². The Bertz CT molecular complexity index is 808. The third-order valence-corrected chi connectivity index (χ3v) is 3.60. The van der Waals surface area contributed by atoms with E-state index in [1.54, 1.807) is 12.1 Å². The van der Waals surface area contributed by atoms with E-state index >= 15 is 0 Å². The largest absolute Gasteiger partial charge is 0.451 e. The van der Waals surface area contributed by atoms with Gasteiger partial charge in [0.05, 0.1) is 5.92 Å². The van der Waals surface area contributed by atoms with Crippen LogP contribution in [0.2, 0.25) is 0 Å². The fourth-order valence-corrected chi connectivity index (χ4v) is 2.42. The molecule has 2 N–H and O–H groups in total. The molecule has 0 saturated heterocycles. The second-order valence-corrected chi connectivity index (χ2v) is 5.38. The van der Waals surface area contributed by atoms with Crippen molar-refractivity contribution in [1.29, 1.82) is 0 Å². The van der Waals surface area contributed by atoms with Gasteiger partial charge < -0.3 is 10.6 Å². The normalized spacial score (nSPS) is 16.8. The van der Waals surface area contributed by atoms with Crippen molar-refractivity contribution in [2.45, 2.75) is 25.1 Å². The number of carbonyl (C=O) groups excluding carboxylic acids is 2. The molecule has 1 aliphatic rings. The predicted molar refractivity (Wildman–Crippen MR) is 79.1 cm³/mol. The van der Waals surface area contributed by atoms with Crippen molar-refractivity contribution in [1.82, 2.24) is 20.3 Å². The lowest BCUT2D eigenvalue weighted by Crippen LogP contribution is -2.35. The Labute approximate surface area is 139 Å². The summed E-state index contributed by atoms with van der Waals surface area (Å²) >= 11 is 0. The van der Waals surface area contributed by atoms with Crippen LogP contribution in [0.4, 0.5) is 19.0 Å². The van der Waals surface area contributed by atoms with Gasteiger partial charge in [-0.3, -0.25) is 9.59 Å². The van der Waals surface area contributed by atoms with Crippen LogP contribution >= 0.6 is 0 Å². The van der Waals surface area contributed by atoms with Crippen LogP contribution in [0, 0.1) is 0 Å². The van der Waals surface area contributed by atoms with Crippen LogP contribution in [0.1, 0.15) is 29.3 Å². The van der Waals surface area contributed by atoms with Crippen molar-refractivity contribution in [2.75, 3.05) is 5.32 Å². The van der Waals surface area contributed by atoms with E-state index in [1.807, 2.05) is 0 Å². The van der Waals surface area contributed by atoms with Gasteiger partial charge in [0.15, 0.2) is 0 Å². The topological polar surface area (TPSA) is 96.9 Å². The number of halogens is 3. The molecule has 130 valence electrons. The first-order valence-corrected chi connectivity index (χ1v) is 7.25. The molecule has 0 bridgehead atoms. The number of rotatable bonds is 3. The monoisotopic (exact) mass is 351 g/mol. The number of amides is 2. The van der Waals surface area contributed by atoms with Crippen LogP contribution in [-0.4, -0.2) is 26.8 Å². The van der Waals surface area contributed by atoms with Crippen molar-refractivity contribution in [3.8, 4) is 0 Å². The van der Waals surface area contributed by atoms with Gasteiger partial charge in [-0.25, -0.2) is 15.0 Å². The molecule has 0 fully saturated rings. The third kappa shape index (κ3) is 3.73. The number of nitrogens with one attached hydrogen (secondary N) is 2. The fraction of sp³-hybridized carbons (Fsp3) is 0.267. The number of alkyl halides is 3. The van der Waals surface area contributed by atoms with Gasteiger partial charge in [-0.05, 0) is 6.07 Å². The number of anilines is 1. The quantitative estimate of drug-likeness (QED) is 0.876. The molecule has 1 aliphatic heterocycles. The van der Waals surface area contributed by atoms with E-state index in [9.17, 15) is 22.8 Å².